The van der Waals surface area contributed by atoms with Crippen molar-refractivity contribution in [1.82, 2.24) is 0 Å². The zero-order chi connectivity index (χ0) is 20.8. The van der Waals surface area contributed by atoms with Gasteiger partial charge in [0, 0.05) is 17.2 Å². The van der Waals surface area contributed by atoms with Crippen LogP contribution in [-0.4, -0.2) is 30.9 Å². The van der Waals surface area contributed by atoms with Crippen molar-refractivity contribution in [1.29, 1.82) is 0 Å². The molecule has 2 aromatic rings. The molecule has 0 spiro atoms. The monoisotopic (exact) mass is 383 g/mol. The van der Waals surface area contributed by atoms with E-state index >= 15 is 0 Å². The van der Waals surface area contributed by atoms with Gasteiger partial charge in [-0.25, -0.2) is 4.79 Å². The van der Waals surface area contributed by atoms with E-state index in [0.29, 0.717) is 17.0 Å². The van der Waals surface area contributed by atoms with Crippen LogP contribution in [0.1, 0.15) is 47.1 Å². The minimum absolute atomic E-state index is 0.103. The number of hydrogen-bond donors (Lipinski definition) is 1. The highest BCUT2D eigenvalue weighted by atomic mass is 16.5. The Bertz CT molecular complexity index is 871. The second-order valence-electron chi connectivity index (χ2n) is 6.84. The largest absolute Gasteiger partial charge is 0.496 e. The third-order valence-electron chi connectivity index (χ3n) is 4.19. The Labute approximate surface area is 164 Å². The molecule has 1 N–H and O–H groups in total. The van der Waals surface area contributed by atoms with Gasteiger partial charge in [0.1, 0.15) is 11.3 Å². The lowest BCUT2D eigenvalue weighted by molar-refractivity contribution is -0.118. The van der Waals surface area contributed by atoms with E-state index < -0.39 is 12.1 Å². The summed E-state index contributed by atoms with van der Waals surface area (Å²) in [4.78, 5) is 36.8. The van der Waals surface area contributed by atoms with Crippen LogP contribution in [0.15, 0.2) is 42.5 Å². The Hall–Kier alpha value is -3.15. The van der Waals surface area contributed by atoms with Crippen molar-refractivity contribution in [2.45, 2.75) is 33.8 Å². The number of benzene rings is 2. The predicted octanol–water partition coefficient (Wildman–Crippen LogP) is 4.03. The van der Waals surface area contributed by atoms with Crippen LogP contribution in [-0.2, 0) is 9.53 Å². The molecule has 0 aliphatic heterocycles. The quantitative estimate of drug-likeness (QED) is 0.577. The van der Waals surface area contributed by atoms with Crippen LogP contribution in [0, 0.1) is 12.8 Å². The number of aryl methyl sites for hydroxylation is 1. The van der Waals surface area contributed by atoms with E-state index in [9.17, 15) is 14.4 Å². The number of methoxy groups -OCH3 is 1. The molecule has 2 aromatic carbocycles. The lowest BCUT2D eigenvalue weighted by Crippen LogP contribution is -2.25. The average Bonchev–Trinajstić information content (AvgIpc) is 2.67. The van der Waals surface area contributed by atoms with Gasteiger partial charge in [-0.2, -0.15) is 0 Å². The molecule has 6 nitrogen and oxygen atoms in total. The molecule has 0 radical (unpaired) electrons. The van der Waals surface area contributed by atoms with Crippen molar-refractivity contribution in [2.24, 2.45) is 5.92 Å². The van der Waals surface area contributed by atoms with Gasteiger partial charge >= 0.3 is 5.97 Å². The first-order valence-electron chi connectivity index (χ1n) is 9.03. The standard InChI is InChI=1S/C22H25NO5/c1-13(2)21(25)23-17-9-7-16(8-10-17)20(24)15(4)28-22(26)18-12-14(3)6-11-19(18)27-5/h6-13,15H,1-5H3,(H,23,25)/t15-/m0/s1. The van der Waals surface area contributed by atoms with Crippen LogP contribution in [0.25, 0.3) is 0 Å². The van der Waals surface area contributed by atoms with E-state index in [-0.39, 0.29) is 23.2 Å². The van der Waals surface area contributed by atoms with Gasteiger partial charge in [0.05, 0.1) is 7.11 Å². The van der Waals surface area contributed by atoms with Gasteiger partial charge in [-0.05, 0) is 50.2 Å². The number of ether oxygens (including phenoxy) is 2. The molecule has 1 amide bonds. The molecule has 28 heavy (non-hydrogen) atoms. The third-order valence-corrected chi connectivity index (χ3v) is 4.19. The number of carbonyl (C=O) groups excluding carboxylic acids is 3. The van der Waals surface area contributed by atoms with Crippen molar-refractivity contribution in [3.05, 3.63) is 59.2 Å². The molecule has 0 saturated heterocycles. The maximum atomic E-state index is 12.6. The van der Waals surface area contributed by atoms with Gasteiger partial charge in [-0.15, -0.1) is 0 Å². The van der Waals surface area contributed by atoms with Crippen molar-refractivity contribution in [3.63, 3.8) is 0 Å². The molecule has 0 fully saturated rings. The Morgan fingerprint density at radius 3 is 2.18 bits per heavy atom. The van der Waals surface area contributed by atoms with Crippen molar-refractivity contribution in [2.75, 3.05) is 12.4 Å². The molecular weight excluding hydrogens is 358 g/mol. The molecule has 0 heterocycles. The summed E-state index contributed by atoms with van der Waals surface area (Å²) in [5.74, 6) is -0.808. The second-order valence-corrected chi connectivity index (χ2v) is 6.84. The van der Waals surface area contributed by atoms with E-state index in [1.54, 1.807) is 50.2 Å². The first kappa shape index (κ1) is 21.2. The first-order chi connectivity index (χ1) is 13.2. The van der Waals surface area contributed by atoms with Gasteiger partial charge < -0.3 is 14.8 Å². The van der Waals surface area contributed by atoms with Gasteiger partial charge in [0.2, 0.25) is 11.7 Å². The molecule has 0 aliphatic rings. The van der Waals surface area contributed by atoms with Crippen molar-refractivity contribution < 1.29 is 23.9 Å². The molecule has 0 saturated carbocycles. The summed E-state index contributed by atoms with van der Waals surface area (Å²) in [7, 11) is 1.47. The highest BCUT2D eigenvalue weighted by molar-refractivity contribution is 6.02. The third kappa shape index (κ3) is 5.19. The maximum absolute atomic E-state index is 12.6. The molecule has 148 valence electrons. The molecular formula is C22H25NO5. The van der Waals surface area contributed by atoms with Crippen LogP contribution in [0.3, 0.4) is 0 Å². The minimum atomic E-state index is -0.964. The molecule has 0 aliphatic carbocycles. The predicted molar refractivity (Wildman–Crippen MR) is 107 cm³/mol. The van der Waals surface area contributed by atoms with E-state index in [1.165, 1.54) is 14.0 Å². The van der Waals surface area contributed by atoms with Crippen molar-refractivity contribution >= 4 is 23.3 Å². The summed E-state index contributed by atoms with van der Waals surface area (Å²) in [6.07, 6.45) is -0.964. The summed E-state index contributed by atoms with van der Waals surface area (Å²) in [6.45, 7) is 6.97. The van der Waals surface area contributed by atoms with E-state index in [2.05, 4.69) is 5.32 Å². The van der Waals surface area contributed by atoms with Crippen LogP contribution >= 0.6 is 0 Å². The van der Waals surface area contributed by atoms with Crippen LogP contribution in [0.2, 0.25) is 0 Å². The fourth-order valence-electron chi connectivity index (χ4n) is 2.50. The normalized spacial score (nSPS) is 11.6. The number of rotatable bonds is 7. The van der Waals surface area contributed by atoms with Crippen molar-refractivity contribution in [3.8, 4) is 5.75 Å². The molecule has 0 aromatic heterocycles. The SMILES string of the molecule is COc1ccc(C)cc1C(=O)O[C@@H](C)C(=O)c1ccc(NC(=O)C(C)C)cc1. The average molecular weight is 383 g/mol. The Balaban J connectivity index is 2.07. The Morgan fingerprint density at radius 1 is 0.964 bits per heavy atom. The zero-order valence-corrected chi connectivity index (χ0v) is 16.7. The fourth-order valence-corrected chi connectivity index (χ4v) is 2.50. The number of amides is 1. The van der Waals surface area contributed by atoms with Crippen LogP contribution in [0.5, 0.6) is 5.75 Å². The number of esters is 1. The lowest BCUT2D eigenvalue weighted by Gasteiger charge is -2.15. The zero-order valence-electron chi connectivity index (χ0n) is 16.7. The van der Waals surface area contributed by atoms with Gasteiger partial charge in [-0.1, -0.05) is 25.5 Å². The van der Waals surface area contributed by atoms with Gasteiger partial charge in [-0.3, -0.25) is 9.59 Å². The minimum Gasteiger partial charge on any atom is -0.496 e. The lowest BCUT2D eigenvalue weighted by atomic mass is 10.1. The van der Waals surface area contributed by atoms with E-state index in [4.69, 9.17) is 9.47 Å². The summed E-state index contributed by atoms with van der Waals surface area (Å²) in [5.41, 5.74) is 2.14. The van der Waals surface area contributed by atoms with Gasteiger partial charge in [0.25, 0.3) is 0 Å². The smallest absolute Gasteiger partial charge is 0.342 e. The fraction of sp³-hybridized carbons (Fsp3) is 0.318. The summed E-state index contributed by atoms with van der Waals surface area (Å²) in [6, 6.07) is 11.6. The number of carbonyl (C=O) groups is 3. The molecule has 6 heteroatoms. The maximum Gasteiger partial charge on any atom is 0.342 e. The Morgan fingerprint density at radius 2 is 1.61 bits per heavy atom. The number of nitrogens with one attached hydrogen (secondary N) is 1. The van der Waals surface area contributed by atoms with Crippen LogP contribution in [0.4, 0.5) is 5.69 Å². The summed E-state index contributed by atoms with van der Waals surface area (Å²) >= 11 is 0. The summed E-state index contributed by atoms with van der Waals surface area (Å²) < 4.78 is 10.5. The topological polar surface area (TPSA) is 81.7 Å². The van der Waals surface area contributed by atoms with E-state index in [1.807, 2.05) is 13.0 Å². The number of ketones is 1. The Kier molecular flexibility index (Phi) is 6.93. The first-order valence-corrected chi connectivity index (χ1v) is 9.03. The summed E-state index contributed by atoms with van der Waals surface area (Å²) in [5, 5.41) is 2.76. The molecule has 2 rings (SSSR count). The van der Waals surface area contributed by atoms with Crippen LogP contribution < -0.4 is 10.1 Å². The number of Topliss-reactive ketones (excluding diaryl/α,β-unsaturated/α-hetero) is 1. The number of hydrogen-bond acceptors (Lipinski definition) is 5. The van der Waals surface area contributed by atoms with Gasteiger partial charge in [0.15, 0.2) is 6.10 Å². The second kappa shape index (κ2) is 9.17. The molecule has 0 unspecified atom stereocenters. The number of anilines is 1. The highest BCUT2D eigenvalue weighted by Gasteiger charge is 2.22. The van der Waals surface area contributed by atoms with E-state index in [0.717, 1.165) is 5.56 Å². The highest BCUT2D eigenvalue weighted by Crippen LogP contribution is 2.22. The molecule has 1 atom stereocenters. The molecule has 0 bridgehead atoms.